The molecule has 0 N–H and O–H groups in total. The normalized spacial score (nSPS) is 12.8. The molecule has 2 aromatic heterocycles. The van der Waals surface area contributed by atoms with Crippen LogP contribution in [-0.2, 0) is 0 Å². The highest BCUT2D eigenvalue weighted by Crippen LogP contribution is 2.40. The van der Waals surface area contributed by atoms with Crippen LogP contribution in [0.15, 0.2) is 110 Å². The lowest BCUT2D eigenvalue weighted by molar-refractivity contribution is -0.385. The minimum absolute atomic E-state index is 0.0134. The number of ether oxygens (including phenoxy) is 2. The molecular formula is C38H30N6O6. The van der Waals surface area contributed by atoms with E-state index in [1.165, 1.54) is 35.4 Å². The van der Waals surface area contributed by atoms with Gasteiger partial charge in [-0.2, -0.15) is 10.2 Å². The Morgan fingerprint density at radius 3 is 1.34 bits per heavy atom. The average Bonchev–Trinajstić information content (AvgIpc) is 3.71. The molecule has 0 amide bonds. The molecule has 0 saturated carbocycles. The first-order valence-corrected chi connectivity index (χ1v) is 15.6. The van der Waals surface area contributed by atoms with E-state index in [1.807, 2.05) is 74.5 Å². The Kier molecular flexibility index (Phi) is 8.04. The molecule has 0 aliphatic carbocycles. The Morgan fingerprint density at radius 2 is 0.980 bits per heavy atom. The molecular weight excluding hydrogens is 636 g/mol. The van der Waals surface area contributed by atoms with Gasteiger partial charge >= 0.3 is 0 Å². The van der Waals surface area contributed by atoms with E-state index >= 15 is 0 Å². The van der Waals surface area contributed by atoms with Crippen molar-refractivity contribution in [3.63, 3.8) is 0 Å². The molecule has 0 spiro atoms. The number of rotatable bonds is 4. The molecule has 0 unspecified atom stereocenters. The van der Waals surface area contributed by atoms with Crippen LogP contribution in [0, 0.1) is 34.1 Å². The Morgan fingerprint density at radius 1 is 0.600 bits per heavy atom. The van der Waals surface area contributed by atoms with Crippen molar-refractivity contribution >= 4 is 22.8 Å². The summed E-state index contributed by atoms with van der Waals surface area (Å²) < 4.78 is 14.8. The zero-order valence-corrected chi connectivity index (χ0v) is 27.2. The molecule has 2 aliphatic rings. The molecule has 0 atom stereocenters. The second-order valence-corrected chi connectivity index (χ2v) is 12.0. The first-order valence-electron chi connectivity index (χ1n) is 15.6. The first kappa shape index (κ1) is 31.8. The molecule has 12 heteroatoms. The SMILES string of the molecule is C=C1COc2ccc([N+](=O)[O-])cc2-c2cc(-c3ccc(C)cc3)nn21.C=C1COc2ccc([N+](=O)[O-])cc2-c2cc(-c3ccc(C)cc3)nn21. The fourth-order valence-electron chi connectivity index (χ4n) is 5.72. The smallest absolute Gasteiger partial charge is 0.270 e. The number of fused-ring (bicyclic) bond motifs is 6. The summed E-state index contributed by atoms with van der Waals surface area (Å²) >= 11 is 0. The molecule has 6 aromatic rings. The highest BCUT2D eigenvalue weighted by Gasteiger charge is 2.25. The molecule has 0 bridgehead atoms. The molecule has 0 radical (unpaired) electrons. The van der Waals surface area contributed by atoms with Crippen molar-refractivity contribution in [1.82, 2.24) is 19.6 Å². The summed E-state index contributed by atoms with van der Waals surface area (Å²) in [5.74, 6) is 1.17. The first-order chi connectivity index (χ1) is 24.0. The number of hydrogen-bond acceptors (Lipinski definition) is 8. The Labute approximate surface area is 286 Å². The van der Waals surface area contributed by atoms with Crippen molar-refractivity contribution in [2.45, 2.75) is 13.8 Å². The van der Waals surface area contributed by atoms with Crippen LogP contribution < -0.4 is 9.47 Å². The lowest BCUT2D eigenvalue weighted by Crippen LogP contribution is -2.05. The van der Waals surface area contributed by atoms with Crippen molar-refractivity contribution in [2.24, 2.45) is 0 Å². The summed E-state index contributed by atoms with van der Waals surface area (Å²) in [7, 11) is 0. The molecule has 4 aromatic carbocycles. The quantitative estimate of drug-likeness (QED) is 0.135. The van der Waals surface area contributed by atoms with E-state index in [0.717, 1.165) is 33.9 Å². The van der Waals surface area contributed by atoms with Crippen LogP contribution in [0.3, 0.4) is 0 Å². The van der Waals surface area contributed by atoms with Gasteiger partial charge < -0.3 is 9.47 Å². The summed E-state index contributed by atoms with van der Waals surface area (Å²) in [5.41, 5.74) is 9.99. The van der Waals surface area contributed by atoms with Crippen LogP contribution in [0.5, 0.6) is 11.5 Å². The lowest BCUT2D eigenvalue weighted by Gasteiger charge is -2.05. The molecule has 0 saturated heterocycles. The van der Waals surface area contributed by atoms with Crippen LogP contribution in [0.1, 0.15) is 11.1 Å². The molecule has 2 aliphatic heterocycles. The van der Waals surface area contributed by atoms with E-state index in [4.69, 9.17) is 9.47 Å². The van der Waals surface area contributed by atoms with E-state index in [1.54, 1.807) is 21.5 Å². The molecule has 0 fully saturated rings. The molecule has 50 heavy (non-hydrogen) atoms. The van der Waals surface area contributed by atoms with Crippen molar-refractivity contribution in [3.05, 3.63) is 142 Å². The maximum absolute atomic E-state index is 11.1. The fraction of sp³-hybridized carbons (Fsp3) is 0.105. The van der Waals surface area contributed by atoms with Gasteiger partial charge in [-0.15, -0.1) is 0 Å². The van der Waals surface area contributed by atoms with E-state index < -0.39 is 9.85 Å². The third-order valence-electron chi connectivity index (χ3n) is 8.40. The number of nitro groups is 2. The number of nitro benzene ring substituents is 2. The molecule has 4 heterocycles. The second-order valence-electron chi connectivity index (χ2n) is 12.0. The second kappa shape index (κ2) is 12.7. The average molecular weight is 667 g/mol. The fourth-order valence-corrected chi connectivity index (χ4v) is 5.72. The van der Waals surface area contributed by atoms with Gasteiger partial charge in [0.1, 0.15) is 24.7 Å². The van der Waals surface area contributed by atoms with Crippen LogP contribution >= 0.6 is 0 Å². The van der Waals surface area contributed by atoms with Gasteiger partial charge in [-0.3, -0.25) is 20.2 Å². The number of hydrogen-bond donors (Lipinski definition) is 0. The zero-order chi connectivity index (χ0) is 35.1. The summed E-state index contributed by atoms with van der Waals surface area (Å²) in [5, 5.41) is 31.5. The number of aryl methyl sites for hydroxylation is 2. The minimum atomic E-state index is -0.415. The van der Waals surface area contributed by atoms with Crippen molar-refractivity contribution in [2.75, 3.05) is 13.2 Å². The van der Waals surface area contributed by atoms with Crippen molar-refractivity contribution < 1.29 is 19.3 Å². The summed E-state index contributed by atoms with van der Waals surface area (Å²) in [4.78, 5) is 21.4. The van der Waals surface area contributed by atoms with Gasteiger partial charge in [0.15, 0.2) is 0 Å². The standard InChI is InChI=1S/2C19H15N3O3/c2*1-12-3-5-14(6-4-12)17-10-18-16-9-15(22(23)24)7-8-19(16)25-11-13(2)21(18)20-17/h2*3-10H,2,11H2,1H3. The van der Waals surface area contributed by atoms with Gasteiger partial charge in [0.2, 0.25) is 0 Å². The number of aromatic nitrogens is 4. The Hall–Kier alpha value is -6.82. The zero-order valence-electron chi connectivity index (χ0n) is 27.2. The van der Waals surface area contributed by atoms with Gasteiger partial charge in [-0.1, -0.05) is 72.8 Å². The highest BCUT2D eigenvalue weighted by atomic mass is 16.6. The molecule has 248 valence electrons. The van der Waals surface area contributed by atoms with E-state index in [-0.39, 0.29) is 24.6 Å². The van der Waals surface area contributed by atoms with Gasteiger partial charge in [-0.05, 0) is 38.1 Å². The van der Waals surface area contributed by atoms with Crippen LogP contribution in [0.25, 0.3) is 56.4 Å². The summed E-state index contributed by atoms with van der Waals surface area (Å²) in [6.45, 7) is 12.6. The van der Waals surface area contributed by atoms with Crippen LogP contribution in [-0.4, -0.2) is 42.6 Å². The third kappa shape index (κ3) is 6.01. The molecule has 12 nitrogen and oxygen atoms in total. The van der Waals surface area contributed by atoms with Gasteiger partial charge in [0.05, 0.1) is 44.0 Å². The number of nitrogens with zero attached hydrogens (tertiary/aromatic N) is 6. The van der Waals surface area contributed by atoms with Gasteiger partial charge in [0.25, 0.3) is 11.4 Å². The van der Waals surface area contributed by atoms with Crippen LogP contribution in [0.4, 0.5) is 11.4 Å². The largest absolute Gasteiger partial charge is 0.487 e. The highest BCUT2D eigenvalue weighted by molar-refractivity contribution is 5.80. The monoisotopic (exact) mass is 666 g/mol. The predicted molar refractivity (Wildman–Crippen MR) is 191 cm³/mol. The van der Waals surface area contributed by atoms with Crippen molar-refractivity contribution in [3.8, 4) is 56.5 Å². The topological polar surface area (TPSA) is 140 Å². The summed E-state index contributed by atoms with van der Waals surface area (Å²) in [6.07, 6.45) is 0. The number of benzene rings is 4. The predicted octanol–water partition coefficient (Wildman–Crippen LogP) is 8.59. The lowest BCUT2D eigenvalue weighted by atomic mass is 10.1. The summed E-state index contributed by atoms with van der Waals surface area (Å²) in [6, 6.07) is 29.1. The van der Waals surface area contributed by atoms with E-state index in [9.17, 15) is 20.2 Å². The maximum Gasteiger partial charge on any atom is 0.270 e. The minimum Gasteiger partial charge on any atom is -0.487 e. The Balaban J connectivity index is 0.000000157. The maximum atomic E-state index is 11.1. The van der Waals surface area contributed by atoms with Crippen molar-refractivity contribution in [1.29, 1.82) is 0 Å². The van der Waals surface area contributed by atoms with Crippen LogP contribution in [0.2, 0.25) is 0 Å². The van der Waals surface area contributed by atoms with E-state index in [2.05, 4.69) is 23.4 Å². The van der Waals surface area contributed by atoms with E-state index in [0.29, 0.717) is 34.0 Å². The van der Waals surface area contributed by atoms with Gasteiger partial charge in [-0.25, -0.2) is 9.36 Å². The van der Waals surface area contributed by atoms with Gasteiger partial charge in [0, 0.05) is 46.5 Å². The third-order valence-corrected chi connectivity index (χ3v) is 8.40. The number of non-ortho nitro benzene ring substituents is 2. The molecule has 8 rings (SSSR count). The Bertz CT molecular complexity index is 2170.